The molecule has 1 saturated heterocycles. The summed E-state index contributed by atoms with van der Waals surface area (Å²) in [6, 6.07) is 4.66. The highest BCUT2D eigenvalue weighted by atomic mass is 35.5. The number of carbonyl (C=O) groups excluding carboxylic acids is 1. The number of carbonyl (C=O) groups is 1. The molecule has 0 saturated carbocycles. The molecule has 0 aromatic heterocycles. The highest BCUT2D eigenvalue weighted by molar-refractivity contribution is 5.85. The fraction of sp³-hybridized carbons (Fsp3) is 0.500. The van der Waals surface area contributed by atoms with Crippen LogP contribution < -0.4 is 10.5 Å². The molecule has 0 spiro atoms. The minimum absolute atomic E-state index is 0. The molecule has 6 heteroatoms. The van der Waals surface area contributed by atoms with E-state index in [0.717, 1.165) is 19.4 Å². The van der Waals surface area contributed by atoms with Gasteiger partial charge in [0.1, 0.15) is 0 Å². The molecule has 20 heavy (non-hydrogen) atoms. The van der Waals surface area contributed by atoms with E-state index in [1.807, 2.05) is 0 Å². The van der Waals surface area contributed by atoms with Gasteiger partial charge in [0.25, 0.3) is 0 Å². The smallest absolute Gasteiger partial charge is 0.227 e. The number of piperidine rings is 1. The van der Waals surface area contributed by atoms with E-state index in [2.05, 4.69) is 0 Å². The SMILES string of the molecule is COc1ccc(CC(=O)N2CCCC(N)C2)cc1F.Cl. The summed E-state index contributed by atoms with van der Waals surface area (Å²) in [5, 5.41) is 0. The summed E-state index contributed by atoms with van der Waals surface area (Å²) in [5.74, 6) is -0.251. The fourth-order valence-corrected chi connectivity index (χ4v) is 2.34. The molecule has 0 aliphatic carbocycles. The number of hydrogen-bond donors (Lipinski definition) is 1. The summed E-state index contributed by atoms with van der Waals surface area (Å²) in [4.78, 5) is 13.9. The number of nitrogens with two attached hydrogens (primary N) is 1. The van der Waals surface area contributed by atoms with Gasteiger partial charge < -0.3 is 15.4 Å². The lowest BCUT2D eigenvalue weighted by molar-refractivity contribution is -0.131. The second-order valence-electron chi connectivity index (χ2n) is 4.89. The summed E-state index contributed by atoms with van der Waals surface area (Å²) >= 11 is 0. The van der Waals surface area contributed by atoms with Crippen LogP contribution in [0.1, 0.15) is 18.4 Å². The molecule has 2 N–H and O–H groups in total. The number of nitrogens with zero attached hydrogens (tertiary/aromatic N) is 1. The fourth-order valence-electron chi connectivity index (χ4n) is 2.34. The summed E-state index contributed by atoms with van der Waals surface area (Å²) in [5.41, 5.74) is 6.50. The normalized spacial score (nSPS) is 18.4. The molecule has 1 aliphatic heterocycles. The molecular formula is C14H20ClFN2O2. The molecule has 1 unspecified atom stereocenters. The summed E-state index contributed by atoms with van der Waals surface area (Å²) < 4.78 is 18.4. The van der Waals surface area contributed by atoms with E-state index in [4.69, 9.17) is 10.5 Å². The van der Waals surface area contributed by atoms with E-state index in [1.54, 1.807) is 17.0 Å². The molecule has 1 aromatic carbocycles. The van der Waals surface area contributed by atoms with Crippen molar-refractivity contribution < 1.29 is 13.9 Å². The van der Waals surface area contributed by atoms with Crippen molar-refractivity contribution in [3.63, 3.8) is 0 Å². The Morgan fingerprint density at radius 2 is 2.30 bits per heavy atom. The number of rotatable bonds is 3. The molecular weight excluding hydrogens is 283 g/mol. The number of benzene rings is 1. The molecule has 1 atom stereocenters. The van der Waals surface area contributed by atoms with Crippen LogP contribution in [0.5, 0.6) is 5.75 Å². The van der Waals surface area contributed by atoms with E-state index in [9.17, 15) is 9.18 Å². The molecule has 1 fully saturated rings. The van der Waals surface area contributed by atoms with E-state index < -0.39 is 5.82 Å². The average Bonchev–Trinajstić information content (AvgIpc) is 2.39. The predicted octanol–water partition coefficient (Wildman–Crippen LogP) is 1.75. The van der Waals surface area contributed by atoms with Crippen molar-refractivity contribution in [1.82, 2.24) is 4.90 Å². The molecule has 112 valence electrons. The third-order valence-corrected chi connectivity index (χ3v) is 3.38. The average molecular weight is 303 g/mol. The standard InChI is InChI=1S/C14H19FN2O2.ClH/c1-19-13-5-4-10(7-12(13)15)8-14(18)17-6-2-3-11(16)9-17;/h4-5,7,11H,2-3,6,8-9,16H2,1H3;1H. The predicted molar refractivity (Wildman–Crippen MR) is 77.7 cm³/mol. The Bertz CT molecular complexity index is 470. The van der Waals surface area contributed by atoms with Gasteiger partial charge >= 0.3 is 0 Å². The van der Waals surface area contributed by atoms with Gasteiger partial charge in [-0.05, 0) is 30.5 Å². The maximum atomic E-state index is 13.5. The van der Waals surface area contributed by atoms with Crippen LogP contribution >= 0.6 is 12.4 Å². The van der Waals surface area contributed by atoms with Crippen LogP contribution in [0.4, 0.5) is 4.39 Å². The molecule has 1 aliphatic rings. The number of hydrogen-bond acceptors (Lipinski definition) is 3. The summed E-state index contributed by atoms with van der Waals surface area (Å²) in [6.45, 7) is 1.34. The first-order valence-electron chi connectivity index (χ1n) is 6.46. The van der Waals surface area contributed by atoms with Crippen molar-refractivity contribution in [3.8, 4) is 5.75 Å². The summed E-state index contributed by atoms with van der Waals surface area (Å²) in [7, 11) is 1.42. The van der Waals surface area contributed by atoms with Gasteiger partial charge in [-0.3, -0.25) is 4.79 Å². The monoisotopic (exact) mass is 302 g/mol. The van der Waals surface area contributed by atoms with Gasteiger partial charge in [-0.2, -0.15) is 0 Å². The Hall–Kier alpha value is -1.33. The maximum Gasteiger partial charge on any atom is 0.227 e. The van der Waals surface area contributed by atoms with Crippen LogP contribution in [0.2, 0.25) is 0 Å². The first-order valence-corrected chi connectivity index (χ1v) is 6.46. The van der Waals surface area contributed by atoms with E-state index in [-0.39, 0.29) is 36.5 Å². The lowest BCUT2D eigenvalue weighted by Gasteiger charge is -2.30. The summed E-state index contributed by atoms with van der Waals surface area (Å²) in [6.07, 6.45) is 2.10. The quantitative estimate of drug-likeness (QED) is 0.925. The second kappa shape index (κ2) is 7.45. The Morgan fingerprint density at radius 1 is 1.55 bits per heavy atom. The first-order chi connectivity index (χ1) is 9.10. The molecule has 2 rings (SSSR count). The molecule has 1 aromatic rings. The van der Waals surface area contributed by atoms with Crippen LogP contribution in [0.25, 0.3) is 0 Å². The van der Waals surface area contributed by atoms with E-state index in [0.29, 0.717) is 12.1 Å². The van der Waals surface area contributed by atoms with Gasteiger partial charge in [-0.15, -0.1) is 12.4 Å². The van der Waals surface area contributed by atoms with Gasteiger partial charge in [0.05, 0.1) is 13.5 Å². The molecule has 0 radical (unpaired) electrons. The zero-order valence-corrected chi connectivity index (χ0v) is 12.3. The Morgan fingerprint density at radius 3 is 2.90 bits per heavy atom. The first kappa shape index (κ1) is 16.7. The lowest BCUT2D eigenvalue weighted by Crippen LogP contribution is -2.46. The minimum Gasteiger partial charge on any atom is -0.494 e. The highest BCUT2D eigenvalue weighted by Gasteiger charge is 2.21. The topological polar surface area (TPSA) is 55.6 Å². The zero-order valence-electron chi connectivity index (χ0n) is 11.5. The molecule has 4 nitrogen and oxygen atoms in total. The van der Waals surface area contributed by atoms with Crippen LogP contribution in [0, 0.1) is 5.82 Å². The van der Waals surface area contributed by atoms with Crippen molar-refractivity contribution in [1.29, 1.82) is 0 Å². The van der Waals surface area contributed by atoms with E-state index in [1.165, 1.54) is 13.2 Å². The van der Waals surface area contributed by atoms with Gasteiger partial charge in [-0.1, -0.05) is 6.07 Å². The Labute approximate surface area is 124 Å². The van der Waals surface area contributed by atoms with E-state index >= 15 is 0 Å². The van der Waals surface area contributed by atoms with Crippen molar-refractivity contribution >= 4 is 18.3 Å². The zero-order chi connectivity index (χ0) is 13.8. The maximum absolute atomic E-state index is 13.5. The molecule has 1 heterocycles. The number of amides is 1. The third kappa shape index (κ3) is 4.08. The van der Waals surface area contributed by atoms with Crippen molar-refractivity contribution in [3.05, 3.63) is 29.6 Å². The molecule has 1 amide bonds. The highest BCUT2D eigenvalue weighted by Crippen LogP contribution is 2.19. The van der Waals surface area contributed by atoms with Gasteiger partial charge in [0.15, 0.2) is 11.6 Å². The number of likely N-dealkylation sites (tertiary alicyclic amines) is 1. The lowest BCUT2D eigenvalue weighted by atomic mass is 10.0. The Balaban J connectivity index is 0.00000200. The number of methoxy groups -OCH3 is 1. The van der Waals surface area contributed by atoms with Gasteiger partial charge in [-0.25, -0.2) is 4.39 Å². The second-order valence-corrected chi connectivity index (χ2v) is 4.89. The minimum atomic E-state index is -0.442. The Kier molecular flexibility index (Phi) is 6.23. The van der Waals surface area contributed by atoms with Gasteiger partial charge in [0.2, 0.25) is 5.91 Å². The van der Waals surface area contributed by atoms with Crippen molar-refractivity contribution in [2.24, 2.45) is 5.73 Å². The van der Waals surface area contributed by atoms with Crippen LogP contribution in [0.3, 0.4) is 0 Å². The van der Waals surface area contributed by atoms with Gasteiger partial charge in [0, 0.05) is 19.1 Å². The number of ether oxygens (including phenoxy) is 1. The largest absolute Gasteiger partial charge is 0.494 e. The van der Waals surface area contributed by atoms with Crippen LogP contribution in [-0.4, -0.2) is 37.0 Å². The third-order valence-electron chi connectivity index (χ3n) is 3.38. The van der Waals surface area contributed by atoms with Crippen molar-refractivity contribution in [2.75, 3.05) is 20.2 Å². The van der Waals surface area contributed by atoms with Crippen LogP contribution in [-0.2, 0) is 11.2 Å². The number of halogens is 2. The molecule has 0 bridgehead atoms. The van der Waals surface area contributed by atoms with Crippen molar-refractivity contribution in [2.45, 2.75) is 25.3 Å². The van der Waals surface area contributed by atoms with Crippen LogP contribution in [0.15, 0.2) is 18.2 Å².